The van der Waals surface area contributed by atoms with Crippen LogP contribution in [0.1, 0.15) is 30.0 Å². The lowest BCUT2D eigenvalue weighted by Crippen LogP contribution is -2.52. The first kappa shape index (κ1) is 40.0. The van der Waals surface area contributed by atoms with Gasteiger partial charge >= 0.3 is 0 Å². The summed E-state index contributed by atoms with van der Waals surface area (Å²) in [6, 6.07) is 40.3. The zero-order valence-corrected chi connectivity index (χ0v) is 34.4. The van der Waals surface area contributed by atoms with E-state index in [1.807, 2.05) is 109 Å². The molecule has 1 saturated heterocycles. The summed E-state index contributed by atoms with van der Waals surface area (Å²) in [5.41, 5.74) is 3.09. The first-order chi connectivity index (χ1) is 27.5. The van der Waals surface area contributed by atoms with E-state index < -0.39 is 19.8 Å². The summed E-state index contributed by atoms with van der Waals surface area (Å²) in [5, 5.41) is 11.7. The number of ether oxygens (including phenoxy) is 2. The number of aliphatic hydroxyl groups is 1. The average molecular weight is 802 g/mol. The van der Waals surface area contributed by atoms with Crippen LogP contribution in [-0.4, -0.2) is 62.7 Å². The maximum absolute atomic E-state index is 15.3. The number of aliphatic hydroxyl groups excluding tert-OH is 1. The summed E-state index contributed by atoms with van der Waals surface area (Å²) in [4.78, 5) is 46.8. The molecule has 2 heterocycles. The summed E-state index contributed by atoms with van der Waals surface area (Å²) in [6.45, 7) is 7.23. The van der Waals surface area contributed by atoms with Gasteiger partial charge in [-0.15, -0.1) is 0 Å². The second kappa shape index (κ2) is 16.7. The Hall–Kier alpha value is -5.26. The third kappa shape index (κ3) is 7.62. The van der Waals surface area contributed by atoms with E-state index in [9.17, 15) is 14.7 Å². The largest absolute Gasteiger partial charge is 0.497 e. The number of fused-ring (bicyclic) bond motifs is 2. The maximum Gasteiger partial charge on any atom is 0.264 e. The Labute approximate surface area is 340 Å². The molecule has 0 radical (unpaired) electrons. The van der Waals surface area contributed by atoms with Gasteiger partial charge in [-0.2, -0.15) is 0 Å². The molecule has 9 nitrogen and oxygen atoms in total. The number of nitrogens with zero attached hydrogens (tertiary/aromatic N) is 3. The van der Waals surface area contributed by atoms with E-state index in [2.05, 4.69) is 32.2 Å². The number of methoxy groups -OCH3 is 1. The van der Waals surface area contributed by atoms with Crippen LogP contribution in [0.3, 0.4) is 0 Å². The van der Waals surface area contributed by atoms with Gasteiger partial charge in [0.1, 0.15) is 5.75 Å². The Bertz CT molecular complexity index is 2210. The highest BCUT2D eigenvalue weighted by Gasteiger charge is 2.66. The maximum atomic E-state index is 15.3. The van der Waals surface area contributed by atoms with E-state index in [0.717, 1.165) is 34.2 Å². The third-order valence-electron chi connectivity index (χ3n) is 11.8. The molecule has 0 aromatic heterocycles. The standard InChI is InChI=1S/C46H48ClN3O6Si/c1-32-44(57(3,4)39-22-20-38(55-2)21-23-39)42(28-43(53)48(25-26-51)29-33-11-7-5-8-12-33)56-46(32)40-27-35(47)17-24-41(40)49(45(46)54)30-34-15-18-37(19-16-34)50(31-52)36-13-9-6-10-14-36/h5-24,27,31-32,42,44,51H,25-26,28-30H2,1-4H3/t32-,42+,44-,46+/m0/s1. The van der Waals surface area contributed by atoms with Crippen molar-refractivity contribution in [3.63, 3.8) is 0 Å². The molecule has 1 fully saturated rings. The van der Waals surface area contributed by atoms with Crippen molar-refractivity contribution >= 4 is 60.1 Å². The molecule has 57 heavy (non-hydrogen) atoms. The van der Waals surface area contributed by atoms with E-state index in [4.69, 9.17) is 21.1 Å². The molecule has 0 aliphatic carbocycles. The molecule has 5 aromatic carbocycles. The molecule has 0 bridgehead atoms. The van der Waals surface area contributed by atoms with E-state index in [1.54, 1.807) is 27.9 Å². The molecule has 5 aromatic rings. The van der Waals surface area contributed by atoms with Crippen molar-refractivity contribution < 1.29 is 29.0 Å². The number of rotatable bonds is 14. The van der Waals surface area contributed by atoms with E-state index in [0.29, 0.717) is 28.5 Å². The number of hydrogen-bond donors (Lipinski definition) is 1. The van der Waals surface area contributed by atoms with Crippen molar-refractivity contribution in [3.05, 3.63) is 149 Å². The SMILES string of the molecule is COc1ccc([Si](C)(C)[C@@H]2[C@@H](CC(=O)N(CCO)Cc3ccccc3)O[C@]3(C(=O)N(Cc4ccc(N(C=O)c5ccccc5)cc4)c4ccc(Cl)cc43)[C@H]2C)cc1. The number of halogens is 1. The minimum atomic E-state index is -2.54. The Kier molecular flexibility index (Phi) is 11.7. The van der Waals surface area contributed by atoms with E-state index >= 15 is 4.79 Å². The Morgan fingerprint density at radius 3 is 2.19 bits per heavy atom. The summed E-state index contributed by atoms with van der Waals surface area (Å²) in [5.74, 6) is 0.0511. The number of carbonyl (C=O) groups is 3. The van der Waals surface area contributed by atoms with Gasteiger partial charge in [-0.05, 0) is 71.3 Å². The number of carbonyl (C=O) groups excluding carboxylic acids is 3. The molecular formula is C46H48ClN3O6Si. The fourth-order valence-corrected chi connectivity index (χ4v) is 13.1. The van der Waals surface area contributed by atoms with Crippen molar-refractivity contribution in [1.82, 2.24) is 4.90 Å². The molecule has 2 aliphatic rings. The van der Waals surface area contributed by atoms with Crippen LogP contribution < -0.4 is 19.7 Å². The molecular weight excluding hydrogens is 754 g/mol. The highest BCUT2D eigenvalue weighted by molar-refractivity contribution is 6.91. The number of amides is 3. The summed E-state index contributed by atoms with van der Waals surface area (Å²) < 4.78 is 12.7. The van der Waals surface area contributed by atoms with Crippen LogP contribution in [0, 0.1) is 5.92 Å². The second-order valence-electron chi connectivity index (χ2n) is 15.4. The molecule has 0 unspecified atom stereocenters. The molecule has 11 heteroatoms. The van der Waals surface area contributed by atoms with E-state index in [1.165, 1.54) is 0 Å². The van der Waals surface area contributed by atoms with Crippen molar-refractivity contribution in [1.29, 1.82) is 0 Å². The Balaban J connectivity index is 1.25. The minimum absolute atomic E-state index is 0.0372. The first-order valence-electron chi connectivity index (χ1n) is 19.3. The van der Waals surface area contributed by atoms with Gasteiger partial charge in [0.05, 0.1) is 46.5 Å². The zero-order chi connectivity index (χ0) is 40.3. The number of anilines is 3. The smallest absolute Gasteiger partial charge is 0.264 e. The van der Waals surface area contributed by atoms with Crippen molar-refractivity contribution in [3.8, 4) is 5.75 Å². The van der Waals surface area contributed by atoms with Gasteiger partial charge in [-0.1, -0.05) is 110 Å². The Morgan fingerprint density at radius 2 is 1.56 bits per heavy atom. The lowest BCUT2D eigenvalue weighted by atomic mass is 9.82. The van der Waals surface area contributed by atoms with Crippen LogP contribution >= 0.6 is 11.6 Å². The topological polar surface area (TPSA) is 99.6 Å². The van der Waals surface area contributed by atoms with E-state index in [-0.39, 0.29) is 49.4 Å². The van der Waals surface area contributed by atoms with Gasteiger partial charge in [0, 0.05) is 41.0 Å². The number of hydrogen-bond acceptors (Lipinski definition) is 6. The first-order valence-corrected chi connectivity index (χ1v) is 22.7. The molecule has 0 saturated carbocycles. The predicted octanol–water partition coefficient (Wildman–Crippen LogP) is 7.82. The predicted molar refractivity (Wildman–Crippen MR) is 227 cm³/mol. The summed E-state index contributed by atoms with van der Waals surface area (Å²) in [7, 11) is -0.902. The molecule has 3 amide bonds. The lowest BCUT2D eigenvalue weighted by molar-refractivity contribution is -0.150. The zero-order valence-electron chi connectivity index (χ0n) is 32.7. The monoisotopic (exact) mass is 801 g/mol. The van der Waals surface area contributed by atoms with Crippen LogP contribution in [0.2, 0.25) is 23.7 Å². The van der Waals surface area contributed by atoms with Gasteiger partial charge < -0.3 is 24.4 Å². The fraction of sp³-hybridized carbons (Fsp3) is 0.283. The van der Waals surface area contributed by atoms with Crippen LogP contribution in [-0.2, 0) is 37.8 Å². The van der Waals surface area contributed by atoms with Crippen molar-refractivity contribution in [2.24, 2.45) is 5.92 Å². The lowest BCUT2D eigenvalue weighted by Gasteiger charge is -2.37. The highest BCUT2D eigenvalue weighted by Crippen LogP contribution is 2.60. The van der Waals surface area contributed by atoms with Crippen LogP contribution in [0.25, 0.3) is 0 Å². The van der Waals surface area contributed by atoms with Gasteiger partial charge in [0.15, 0.2) is 5.60 Å². The molecule has 294 valence electrons. The highest BCUT2D eigenvalue weighted by atomic mass is 35.5. The van der Waals surface area contributed by atoms with Crippen LogP contribution in [0.4, 0.5) is 17.1 Å². The van der Waals surface area contributed by atoms with Gasteiger partial charge in [0.2, 0.25) is 12.3 Å². The minimum Gasteiger partial charge on any atom is -0.497 e. The summed E-state index contributed by atoms with van der Waals surface area (Å²) in [6.07, 6.45) is 0.210. The molecule has 2 aliphatic heterocycles. The number of para-hydroxylation sites is 1. The van der Waals surface area contributed by atoms with Crippen LogP contribution in [0.5, 0.6) is 5.75 Å². The van der Waals surface area contributed by atoms with Crippen molar-refractivity contribution in [2.75, 3.05) is 30.1 Å². The second-order valence-corrected chi connectivity index (χ2v) is 20.5. The average Bonchev–Trinajstić information content (AvgIpc) is 3.64. The van der Waals surface area contributed by atoms with Gasteiger partial charge in [-0.25, -0.2) is 0 Å². The van der Waals surface area contributed by atoms with Gasteiger partial charge in [0.25, 0.3) is 5.91 Å². The fourth-order valence-electron chi connectivity index (χ4n) is 8.96. The molecule has 1 N–H and O–H groups in total. The molecule has 7 rings (SSSR count). The van der Waals surface area contributed by atoms with Crippen LogP contribution in [0.15, 0.2) is 127 Å². The number of benzene rings is 5. The summed E-state index contributed by atoms with van der Waals surface area (Å²) >= 11 is 6.72. The normalized spacial score (nSPS) is 20.1. The quantitative estimate of drug-likeness (QED) is 0.0909. The van der Waals surface area contributed by atoms with Crippen molar-refractivity contribution in [2.45, 2.75) is 56.8 Å². The molecule has 1 spiro atoms. The molecule has 4 atom stereocenters. The Morgan fingerprint density at radius 1 is 0.912 bits per heavy atom. The van der Waals surface area contributed by atoms with Gasteiger partial charge in [-0.3, -0.25) is 19.3 Å². The third-order valence-corrected chi connectivity index (χ3v) is 16.4.